The minimum atomic E-state index is 0.0195. The lowest BCUT2D eigenvalue weighted by molar-refractivity contribution is 0.0746. The third kappa shape index (κ3) is 3.52. The summed E-state index contributed by atoms with van der Waals surface area (Å²) >= 11 is 3.38. The minimum Gasteiger partial charge on any atom is -0.365 e. The Morgan fingerprint density at radius 1 is 1.11 bits per heavy atom. The van der Waals surface area contributed by atoms with Crippen molar-refractivity contribution in [3.8, 4) is 5.82 Å². The summed E-state index contributed by atoms with van der Waals surface area (Å²) in [5, 5.41) is 4.69. The Balaban J connectivity index is 1.50. The van der Waals surface area contributed by atoms with Gasteiger partial charge in [-0.05, 0) is 48.0 Å². The molecule has 3 aromatic rings. The molecule has 4 rings (SSSR count). The summed E-state index contributed by atoms with van der Waals surface area (Å²) < 4.78 is 2.69. The van der Waals surface area contributed by atoms with Crippen LogP contribution in [0.15, 0.2) is 47.3 Å². The van der Waals surface area contributed by atoms with Gasteiger partial charge in [0, 0.05) is 49.2 Å². The number of pyridine rings is 2. The standard InChI is InChI=1S/C20H21BrN6O/c1-14-19(15(2)27(24-14)18-5-3-4-6-23-18)25-7-9-26(10-8-25)20(28)16-11-17(21)13-22-12-16/h3-6,11-13H,7-10H2,1-2H3. The fourth-order valence-corrected chi connectivity index (χ4v) is 4.00. The normalized spacial score (nSPS) is 14.4. The molecule has 0 aliphatic carbocycles. The zero-order chi connectivity index (χ0) is 19.7. The Labute approximate surface area is 172 Å². The topological polar surface area (TPSA) is 67.2 Å². The Morgan fingerprint density at radius 3 is 2.57 bits per heavy atom. The molecular weight excluding hydrogens is 420 g/mol. The van der Waals surface area contributed by atoms with Crippen molar-refractivity contribution in [1.82, 2.24) is 24.6 Å². The first-order chi connectivity index (χ1) is 13.5. The van der Waals surface area contributed by atoms with Crippen LogP contribution in [0, 0.1) is 13.8 Å². The van der Waals surface area contributed by atoms with E-state index in [2.05, 4.69) is 42.8 Å². The smallest absolute Gasteiger partial charge is 0.255 e. The lowest BCUT2D eigenvalue weighted by Gasteiger charge is -2.36. The summed E-state index contributed by atoms with van der Waals surface area (Å²) in [7, 11) is 0. The third-order valence-corrected chi connectivity index (χ3v) is 5.39. The van der Waals surface area contributed by atoms with Crippen LogP contribution < -0.4 is 4.90 Å². The molecule has 8 heteroatoms. The Hall–Kier alpha value is -2.74. The molecular formula is C20H21BrN6O. The lowest BCUT2D eigenvalue weighted by atomic mass is 10.2. The number of amides is 1. The van der Waals surface area contributed by atoms with E-state index in [9.17, 15) is 4.79 Å². The van der Waals surface area contributed by atoms with E-state index >= 15 is 0 Å². The Kier molecular flexibility index (Phi) is 5.13. The van der Waals surface area contributed by atoms with Gasteiger partial charge in [0.25, 0.3) is 5.91 Å². The predicted molar refractivity (Wildman–Crippen MR) is 111 cm³/mol. The zero-order valence-corrected chi connectivity index (χ0v) is 17.4. The van der Waals surface area contributed by atoms with Crippen molar-refractivity contribution in [2.24, 2.45) is 0 Å². The van der Waals surface area contributed by atoms with Crippen molar-refractivity contribution < 1.29 is 4.79 Å². The molecule has 28 heavy (non-hydrogen) atoms. The zero-order valence-electron chi connectivity index (χ0n) is 15.8. The summed E-state index contributed by atoms with van der Waals surface area (Å²) in [5.41, 5.74) is 3.77. The van der Waals surface area contributed by atoms with Gasteiger partial charge in [0.15, 0.2) is 5.82 Å². The highest BCUT2D eigenvalue weighted by Gasteiger charge is 2.26. The largest absolute Gasteiger partial charge is 0.365 e. The van der Waals surface area contributed by atoms with E-state index in [0.29, 0.717) is 18.7 Å². The highest BCUT2D eigenvalue weighted by atomic mass is 79.9. The number of carbonyl (C=O) groups excluding carboxylic acids is 1. The number of carbonyl (C=O) groups is 1. The van der Waals surface area contributed by atoms with Gasteiger partial charge in [-0.1, -0.05) is 6.07 Å². The van der Waals surface area contributed by atoms with Crippen molar-refractivity contribution in [2.75, 3.05) is 31.1 Å². The quantitative estimate of drug-likeness (QED) is 0.625. The van der Waals surface area contributed by atoms with Crippen molar-refractivity contribution in [1.29, 1.82) is 0 Å². The molecule has 1 saturated heterocycles. The second kappa shape index (κ2) is 7.71. The third-order valence-electron chi connectivity index (χ3n) is 4.95. The van der Waals surface area contributed by atoms with E-state index in [4.69, 9.17) is 0 Å². The van der Waals surface area contributed by atoms with Gasteiger partial charge in [-0.25, -0.2) is 9.67 Å². The second-order valence-electron chi connectivity index (χ2n) is 6.79. The van der Waals surface area contributed by atoms with E-state index in [0.717, 1.165) is 40.5 Å². The number of piperazine rings is 1. The lowest BCUT2D eigenvalue weighted by Crippen LogP contribution is -2.49. The summed E-state index contributed by atoms with van der Waals surface area (Å²) in [6, 6.07) is 7.62. The van der Waals surface area contributed by atoms with Gasteiger partial charge in [-0.2, -0.15) is 5.10 Å². The summed E-state index contributed by atoms with van der Waals surface area (Å²) in [6.07, 6.45) is 5.07. The van der Waals surface area contributed by atoms with Crippen molar-refractivity contribution >= 4 is 27.5 Å². The maximum absolute atomic E-state index is 12.7. The van der Waals surface area contributed by atoms with E-state index in [1.807, 2.05) is 40.8 Å². The molecule has 7 nitrogen and oxygen atoms in total. The van der Waals surface area contributed by atoms with Gasteiger partial charge < -0.3 is 9.80 Å². The van der Waals surface area contributed by atoms with Crippen LogP contribution in [0.2, 0.25) is 0 Å². The van der Waals surface area contributed by atoms with Gasteiger partial charge in [-0.15, -0.1) is 0 Å². The highest BCUT2D eigenvalue weighted by Crippen LogP contribution is 2.27. The van der Waals surface area contributed by atoms with Crippen LogP contribution in [0.3, 0.4) is 0 Å². The average Bonchev–Trinajstić information content (AvgIpc) is 3.02. The molecule has 1 aliphatic rings. The summed E-state index contributed by atoms with van der Waals surface area (Å²) in [4.78, 5) is 25.4. The molecule has 0 saturated carbocycles. The molecule has 0 unspecified atom stereocenters. The van der Waals surface area contributed by atoms with E-state index in [1.165, 1.54) is 0 Å². The fraction of sp³-hybridized carbons (Fsp3) is 0.300. The van der Waals surface area contributed by atoms with Crippen molar-refractivity contribution in [2.45, 2.75) is 13.8 Å². The van der Waals surface area contributed by atoms with Crippen LogP contribution in [0.5, 0.6) is 0 Å². The van der Waals surface area contributed by atoms with Crippen molar-refractivity contribution in [3.05, 3.63) is 64.3 Å². The highest BCUT2D eigenvalue weighted by molar-refractivity contribution is 9.10. The molecule has 1 amide bonds. The number of halogens is 1. The molecule has 1 fully saturated rings. The molecule has 4 heterocycles. The molecule has 0 N–H and O–H groups in total. The molecule has 0 bridgehead atoms. The van der Waals surface area contributed by atoms with Crippen LogP contribution in [-0.4, -0.2) is 56.7 Å². The Morgan fingerprint density at radius 2 is 1.89 bits per heavy atom. The number of hydrogen-bond donors (Lipinski definition) is 0. The second-order valence-corrected chi connectivity index (χ2v) is 7.71. The van der Waals surface area contributed by atoms with Crippen LogP contribution in [-0.2, 0) is 0 Å². The van der Waals surface area contributed by atoms with Crippen LogP contribution in [0.4, 0.5) is 5.69 Å². The first-order valence-electron chi connectivity index (χ1n) is 9.17. The molecule has 0 spiro atoms. The van der Waals surface area contributed by atoms with Crippen LogP contribution in [0.1, 0.15) is 21.7 Å². The van der Waals surface area contributed by atoms with Gasteiger partial charge in [0.2, 0.25) is 0 Å². The van der Waals surface area contributed by atoms with Gasteiger partial charge >= 0.3 is 0 Å². The molecule has 0 atom stereocenters. The Bertz CT molecular complexity index is 995. The summed E-state index contributed by atoms with van der Waals surface area (Å²) in [5.74, 6) is 0.830. The first-order valence-corrected chi connectivity index (χ1v) is 9.96. The number of anilines is 1. The summed E-state index contributed by atoms with van der Waals surface area (Å²) in [6.45, 7) is 6.95. The number of hydrogen-bond acceptors (Lipinski definition) is 5. The molecule has 1 aliphatic heterocycles. The average molecular weight is 441 g/mol. The molecule has 3 aromatic heterocycles. The fourth-order valence-electron chi connectivity index (χ4n) is 3.64. The predicted octanol–water partition coefficient (Wildman–Crippen LogP) is 3.00. The van der Waals surface area contributed by atoms with Gasteiger partial charge in [0.05, 0.1) is 22.6 Å². The number of aryl methyl sites for hydroxylation is 1. The number of aromatic nitrogens is 4. The minimum absolute atomic E-state index is 0.0195. The number of rotatable bonds is 3. The SMILES string of the molecule is Cc1nn(-c2ccccn2)c(C)c1N1CCN(C(=O)c2cncc(Br)c2)CC1. The number of nitrogens with zero attached hydrogens (tertiary/aromatic N) is 6. The monoisotopic (exact) mass is 440 g/mol. The van der Waals surface area contributed by atoms with Crippen LogP contribution >= 0.6 is 15.9 Å². The molecule has 144 valence electrons. The van der Waals surface area contributed by atoms with E-state index in [-0.39, 0.29) is 5.91 Å². The van der Waals surface area contributed by atoms with Gasteiger partial charge in [-0.3, -0.25) is 9.78 Å². The molecule has 0 aromatic carbocycles. The van der Waals surface area contributed by atoms with Crippen molar-refractivity contribution in [3.63, 3.8) is 0 Å². The van der Waals surface area contributed by atoms with Gasteiger partial charge in [0.1, 0.15) is 0 Å². The van der Waals surface area contributed by atoms with E-state index in [1.54, 1.807) is 18.6 Å². The van der Waals surface area contributed by atoms with Crippen LogP contribution in [0.25, 0.3) is 5.82 Å². The molecule has 0 radical (unpaired) electrons. The maximum Gasteiger partial charge on any atom is 0.255 e. The first kappa shape index (κ1) is 18.6. The maximum atomic E-state index is 12.7. The van der Waals surface area contributed by atoms with E-state index < -0.39 is 0 Å².